The van der Waals surface area contributed by atoms with Gasteiger partial charge in [0.15, 0.2) is 0 Å². The number of rotatable bonds is 3. The number of hydrogen-bond donors (Lipinski definition) is 1. The van der Waals surface area contributed by atoms with Crippen LogP contribution >= 0.6 is 0 Å². The van der Waals surface area contributed by atoms with Crippen LogP contribution < -0.4 is 10.2 Å². The highest BCUT2D eigenvalue weighted by Crippen LogP contribution is 2.26. The van der Waals surface area contributed by atoms with Crippen LogP contribution in [0.5, 0.6) is 0 Å². The lowest BCUT2D eigenvalue weighted by atomic mass is 10.0. The molecule has 1 aliphatic heterocycles. The van der Waals surface area contributed by atoms with Crippen molar-refractivity contribution in [3.05, 3.63) is 59.9 Å². The van der Waals surface area contributed by atoms with Gasteiger partial charge in [0.1, 0.15) is 5.82 Å². The minimum absolute atomic E-state index is 0.0849. The molecule has 1 amide bonds. The zero-order chi connectivity index (χ0) is 14.7. The largest absolute Gasteiger partial charge is 0.362 e. The van der Waals surface area contributed by atoms with Crippen molar-refractivity contribution in [2.45, 2.75) is 12.8 Å². The Morgan fingerprint density at radius 1 is 1.14 bits per heavy atom. The summed E-state index contributed by atoms with van der Waals surface area (Å²) in [6.07, 6.45) is 2.12. The Morgan fingerprint density at radius 2 is 1.90 bits per heavy atom. The number of halogens is 1. The highest BCUT2D eigenvalue weighted by Gasteiger charge is 2.18. The third-order valence-electron chi connectivity index (χ3n) is 3.67. The SMILES string of the molecule is O=C(CN1CCCc2ccccc21)Nc1ccc(F)cc1. The highest BCUT2D eigenvalue weighted by molar-refractivity contribution is 5.94. The molecule has 0 bridgehead atoms. The van der Waals surface area contributed by atoms with Gasteiger partial charge in [-0.3, -0.25) is 4.79 Å². The Morgan fingerprint density at radius 3 is 2.71 bits per heavy atom. The van der Waals surface area contributed by atoms with Gasteiger partial charge in [-0.25, -0.2) is 4.39 Å². The molecule has 1 aliphatic rings. The van der Waals surface area contributed by atoms with Crippen molar-refractivity contribution in [1.29, 1.82) is 0 Å². The second-order valence-corrected chi connectivity index (χ2v) is 5.21. The summed E-state index contributed by atoms with van der Waals surface area (Å²) in [5.41, 5.74) is 3.04. The Labute approximate surface area is 123 Å². The van der Waals surface area contributed by atoms with Gasteiger partial charge in [0.05, 0.1) is 6.54 Å². The van der Waals surface area contributed by atoms with Crippen LogP contribution in [-0.2, 0) is 11.2 Å². The van der Waals surface area contributed by atoms with Crippen LogP contribution in [0.15, 0.2) is 48.5 Å². The first-order chi connectivity index (χ1) is 10.2. The van der Waals surface area contributed by atoms with Crippen molar-refractivity contribution in [2.75, 3.05) is 23.3 Å². The summed E-state index contributed by atoms with van der Waals surface area (Å²) in [4.78, 5) is 14.2. The molecule has 3 nitrogen and oxygen atoms in total. The molecule has 0 fully saturated rings. The molecule has 0 atom stereocenters. The van der Waals surface area contributed by atoms with Gasteiger partial charge < -0.3 is 10.2 Å². The maximum absolute atomic E-state index is 12.8. The molecule has 21 heavy (non-hydrogen) atoms. The first-order valence-electron chi connectivity index (χ1n) is 7.10. The van der Waals surface area contributed by atoms with Crippen molar-refractivity contribution in [2.24, 2.45) is 0 Å². The maximum atomic E-state index is 12.8. The fourth-order valence-electron chi connectivity index (χ4n) is 2.68. The first-order valence-corrected chi connectivity index (χ1v) is 7.10. The van der Waals surface area contributed by atoms with Crippen LogP contribution in [0.1, 0.15) is 12.0 Å². The zero-order valence-electron chi connectivity index (χ0n) is 11.7. The summed E-state index contributed by atoms with van der Waals surface area (Å²) in [6, 6.07) is 14.0. The quantitative estimate of drug-likeness (QED) is 0.938. The average molecular weight is 284 g/mol. The molecule has 1 heterocycles. The van der Waals surface area contributed by atoms with Gasteiger partial charge in [0.2, 0.25) is 5.91 Å². The minimum Gasteiger partial charge on any atom is -0.362 e. The van der Waals surface area contributed by atoms with E-state index in [1.54, 1.807) is 12.1 Å². The van der Waals surface area contributed by atoms with Crippen molar-refractivity contribution < 1.29 is 9.18 Å². The number of amides is 1. The lowest BCUT2D eigenvalue weighted by molar-refractivity contribution is -0.115. The van der Waals surface area contributed by atoms with Crippen LogP contribution in [0.2, 0.25) is 0 Å². The van der Waals surface area contributed by atoms with Gasteiger partial charge in [-0.2, -0.15) is 0 Å². The molecule has 3 rings (SSSR count). The van der Waals surface area contributed by atoms with Gasteiger partial charge >= 0.3 is 0 Å². The highest BCUT2D eigenvalue weighted by atomic mass is 19.1. The van der Waals surface area contributed by atoms with Crippen LogP contribution in [0.3, 0.4) is 0 Å². The van der Waals surface area contributed by atoms with E-state index in [4.69, 9.17) is 0 Å². The molecule has 0 aliphatic carbocycles. The number of para-hydroxylation sites is 1. The molecule has 2 aromatic rings. The summed E-state index contributed by atoms with van der Waals surface area (Å²) >= 11 is 0. The third kappa shape index (κ3) is 3.21. The molecule has 1 N–H and O–H groups in total. The Kier molecular flexibility index (Phi) is 3.86. The second kappa shape index (κ2) is 5.95. The molecule has 0 radical (unpaired) electrons. The van der Waals surface area contributed by atoms with Crippen molar-refractivity contribution in [3.8, 4) is 0 Å². The number of benzene rings is 2. The number of aryl methyl sites for hydroxylation is 1. The fourth-order valence-corrected chi connectivity index (χ4v) is 2.68. The Balaban J connectivity index is 1.67. The van der Waals surface area contributed by atoms with Gasteiger partial charge in [0, 0.05) is 17.9 Å². The van der Waals surface area contributed by atoms with Crippen LogP contribution in [0.4, 0.5) is 15.8 Å². The monoisotopic (exact) mass is 284 g/mol. The first kappa shape index (κ1) is 13.6. The molecule has 4 heteroatoms. The lowest BCUT2D eigenvalue weighted by Gasteiger charge is -2.30. The molecular formula is C17H17FN2O. The van der Waals surface area contributed by atoms with E-state index in [1.165, 1.54) is 17.7 Å². The van der Waals surface area contributed by atoms with Crippen molar-refractivity contribution in [1.82, 2.24) is 0 Å². The zero-order valence-corrected chi connectivity index (χ0v) is 11.7. The molecule has 2 aromatic carbocycles. The summed E-state index contributed by atoms with van der Waals surface area (Å²) in [7, 11) is 0. The topological polar surface area (TPSA) is 32.3 Å². The summed E-state index contributed by atoms with van der Waals surface area (Å²) in [5.74, 6) is -0.392. The predicted molar refractivity (Wildman–Crippen MR) is 82.0 cm³/mol. The molecule has 0 aromatic heterocycles. The summed E-state index contributed by atoms with van der Waals surface area (Å²) < 4.78 is 12.8. The summed E-state index contributed by atoms with van der Waals surface area (Å²) in [6.45, 7) is 1.20. The van der Waals surface area contributed by atoms with E-state index in [9.17, 15) is 9.18 Å². The van der Waals surface area contributed by atoms with Crippen LogP contribution in [-0.4, -0.2) is 19.0 Å². The number of hydrogen-bond acceptors (Lipinski definition) is 2. The van der Waals surface area contributed by atoms with Gasteiger partial charge in [0.25, 0.3) is 0 Å². The fraction of sp³-hybridized carbons (Fsp3) is 0.235. The number of anilines is 2. The lowest BCUT2D eigenvalue weighted by Crippen LogP contribution is -2.36. The van der Waals surface area contributed by atoms with E-state index in [-0.39, 0.29) is 11.7 Å². The van der Waals surface area contributed by atoms with E-state index in [2.05, 4.69) is 22.3 Å². The smallest absolute Gasteiger partial charge is 0.243 e. The van der Waals surface area contributed by atoms with E-state index in [0.717, 1.165) is 25.1 Å². The van der Waals surface area contributed by atoms with E-state index in [0.29, 0.717) is 12.2 Å². The maximum Gasteiger partial charge on any atom is 0.243 e. The predicted octanol–water partition coefficient (Wildman–Crippen LogP) is 3.22. The standard InChI is InChI=1S/C17H17FN2O/c18-14-7-9-15(10-8-14)19-17(21)12-20-11-3-5-13-4-1-2-6-16(13)20/h1-2,4,6-10H,3,5,11-12H2,(H,19,21). The van der Waals surface area contributed by atoms with E-state index in [1.807, 2.05) is 12.1 Å². The van der Waals surface area contributed by atoms with Crippen molar-refractivity contribution in [3.63, 3.8) is 0 Å². The van der Waals surface area contributed by atoms with Gasteiger partial charge in [-0.05, 0) is 48.7 Å². The second-order valence-electron chi connectivity index (χ2n) is 5.21. The number of nitrogens with zero attached hydrogens (tertiary/aromatic N) is 1. The number of nitrogens with one attached hydrogen (secondary N) is 1. The number of carbonyl (C=O) groups excluding carboxylic acids is 1. The van der Waals surface area contributed by atoms with Crippen LogP contribution in [0.25, 0.3) is 0 Å². The third-order valence-corrected chi connectivity index (χ3v) is 3.67. The molecule has 108 valence electrons. The molecule has 0 saturated carbocycles. The number of carbonyl (C=O) groups is 1. The van der Waals surface area contributed by atoms with E-state index < -0.39 is 0 Å². The summed E-state index contributed by atoms with van der Waals surface area (Å²) in [5, 5.41) is 2.80. The Hall–Kier alpha value is -2.36. The van der Waals surface area contributed by atoms with Crippen LogP contribution in [0, 0.1) is 5.82 Å². The molecule has 0 saturated heterocycles. The van der Waals surface area contributed by atoms with Gasteiger partial charge in [-0.1, -0.05) is 18.2 Å². The molecule has 0 unspecified atom stereocenters. The van der Waals surface area contributed by atoms with Crippen molar-refractivity contribution >= 4 is 17.3 Å². The normalized spacial score (nSPS) is 13.7. The van der Waals surface area contributed by atoms with Gasteiger partial charge in [-0.15, -0.1) is 0 Å². The Bertz CT molecular complexity index is 639. The average Bonchev–Trinajstić information content (AvgIpc) is 2.50. The van der Waals surface area contributed by atoms with E-state index >= 15 is 0 Å². The molecular weight excluding hydrogens is 267 g/mol. The minimum atomic E-state index is -0.307. The molecule has 0 spiro atoms. The number of fused-ring (bicyclic) bond motifs is 1.